The largest absolute Gasteiger partial charge is 0.487 e. The highest BCUT2D eigenvalue weighted by atomic mass is 16.6. The number of piperidine rings is 1. The van der Waals surface area contributed by atoms with Gasteiger partial charge >= 0.3 is 0 Å². The number of likely N-dealkylation sites (tertiary alicyclic amines) is 1. The zero-order chi connectivity index (χ0) is 24.9. The fraction of sp³-hybridized carbons (Fsp3) is 0.519. The first-order chi connectivity index (χ1) is 17.6. The molecule has 0 spiro atoms. The van der Waals surface area contributed by atoms with Crippen molar-refractivity contribution >= 4 is 17.5 Å². The third-order valence-corrected chi connectivity index (χ3v) is 7.29. The van der Waals surface area contributed by atoms with Crippen molar-refractivity contribution in [2.75, 3.05) is 38.1 Å². The van der Waals surface area contributed by atoms with Gasteiger partial charge in [-0.25, -0.2) is 0 Å². The lowest BCUT2D eigenvalue weighted by Crippen LogP contribution is -2.47. The van der Waals surface area contributed by atoms with Crippen molar-refractivity contribution in [3.63, 3.8) is 0 Å². The molecule has 2 aromatic rings. The smallest absolute Gasteiger partial charge is 0.257 e. The summed E-state index contributed by atoms with van der Waals surface area (Å²) in [5, 5.41) is 15.9. The Labute approximate surface area is 211 Å². The van der Waals surface area contributed by atoms with Crippen LogP contribution in [0.25, 0.3) is 0 Å². The minimum Gasteiger partial charge on any atom is -0.487 e. The number of hydrogen-bond donors (Lipinski definition) is 3. The number of carbonyl (C=O) groups excluding carboxylic acids is 2. The lowest BCUT2D eigenvalue weighted by molar-refractivity contribution is -0.142. The van der Waals surface area contributed by atoms with Crippen LogP contribution in [0.2, 0.25) is 0 Å². The number of hydrogen-bond acceptors (Lipinski definition) is 7. The van der Waals surface area contributed by atoms with Crippen LogP contribution >= 0.6 is 0 Å². The Bertz CT molecular complexity index is 1060. The summed E-state index contributed by atoms with van der Waals surface area (Å²) in [6.45, 7) is 3.52. The number of benzene rings is 1. The highest BCUT2D eigenvalue weighted by Crippen LogP contribution is 2.47. The fourth-order valence-corrected chi connectivity index (χ4v) is 5.48. The lowest BCUT2D eigenvalue weighted by atomic mass is 9.84. The van der Waals surface area contributed by atoms with E-state index >= 15 is 0 Å². The Morgan fingerprint density at radius 3 is 2.81 bits per heavy atom. The van der Waals surface area contributed by atoms with Crippen LogP contribution in [-0.4, -0.2) is 77.9 Å². The van der Waals surface area contributed by atoms with Crippen molar-refractivity contribution in [3.8, 4) is 5.75 Å². The van der Waals surface area contributed by atoms with Gasteiger partial charge in [0.15, 0.2) is 0 Å². The number of anilines is 1. The summed E-state index contributed by atoms with van der Waals surface area (Å²) in [4.78, 5) is 31.6. The molecule has 9 heteroatoms. The number of fused-ring (bicyclic) bond motifs is 3. The van der Waals surface area contributed by atoms with Gasteiger partial charge in [-0.2, -0.15) is 0 Å². The molecule has 4 heterocycles. The number of carbonyl (C=O) groups is 2. The van der Waals surface area contributed by atoms with Gasteiger partial charge in [0.25, 0.3) is 5.91 Å². The van der Waals surface area contributed by atoms with Gasteiger partial charge in [0.1, 0.15) is 18.0 Å². The summed E-state index contributed by atoms with van der Waals surface area (Å²) >= 11 is 0. The third-order valence-electron chi connectivity index (χ3n) is 7.29. The van der Waals surface area contributed by atoms with E-state index in [4.69, 9.17) is 9.47 Å². The molecule has 2 saturated heterocycles. The van der Waals surface area contributed by atoms with Crippen LogP contribution in [0.4, 0.5) is 5.69 Å². The molecule has 3 N–H and O–H groups in total. The summed E-state index contributed by atoms with van der Waals surface area (Å²) in [7, 11) is 0. The maximum atomic E-state index is 12.6. The van der Waals surface area contributed by atoms with E-state index in [1.54, 1.807) is 24.4 Å². The van der Waals surface area contributed by atoms with Crippen LogP contribution in [0.15, 0.2) is 42.7 Å². The molecule has 3 aliphatic heterocycles. The highest BCUT2D eigenvalue weighted by Gasteiger charge is 2.46. The maximum absolute atomic E-state index is 12.6. The van der Waals surface area contributed by atoms with Crippen molar-refractivity contribution in [1.82, 2.24) is 15.2 Å². The van der Waals surface area contributed by atoms with Gasteiger partial charge in [-0.1, -0.05) is 6.42 Å². The molecule has 1 aromatic heterocycles. The summed E-state index contributed by atoms with van der Waals surface area (Å²) in [6.07, 6.45) is 6.58. The van der Waals surface area contributed by atoms with E-state index in [1.807, 2.05) is 12.1 Å². The van der Waals surface area contributed by atoms with E-state index in [2.05, 4.69) is 20.5 Å². The van der Waals surface area contributed by atoms with E-state index in [9.17, 15) is 14.7 Å². The van der Waals surface area contributed by atoms with Crippen LogP contribution in [0.5, 0.6) is 5.75 Å². The van der Waals surface area contributed by atoms with E-state index in [1.165, 1.54) is 25.5 Å². The second-order valence-corrected chi connectivity index (χ2v) is 9.81. The second kappa shape index (κ2) is 11.4. The minimum atomic E-state index is -0.518. The Morgan fingerprint density at radius 1 is 1.17 bits per heavy atom. The van der Waals surface area contributed by atoms with E-state index in [-0.39, 0.29) is 43.0 Å². The first kappa shape index (κ1) is 24.7. The van der Waals surface area contributed by atoms with Crippen LogP contribution < -0.4 is 15.4 Å². The van der Waals surface area contributed by atoms with Crippen molar-refractivity contribution in [2.45, 2.75) is 56.3 Å². The number of ether oxygens (including phenoxy) is 2. The molecule has 0 saturated carbocycles. The Hall–Kier alpha value is -3.01. The highest BCUT2D eigenvalue weighted by molar-refractivity contribution is 6.04. The van der Waals surface area contributed by atoms with Gasteiger partial charge in [-0.3, -0.25) is 14.6 Å². The molecule has 5 rings (SSSR count). The van der Waals surface area contributed by atoms with Gasteiger partial charge in [-0.05, 0) is 62.7 Å². The molecule has 4 atom stereocenters. The molecule has 2 amide bonds. The number of aliphatic hydroxyl groups is 1. The summed E-state index contributed by atoms with van der Waals surface area (Å²) < 4.78 is 12.2. The Balaban J connectivity index is 1.20. The van der Waals surface area contributed by atoms with Crippen LogP contribution in [0.1, 0.15) is 53.9 Å². The van der Waals surface area contributed by atoms with Crippen molar-refractivity contribution in [1.29, 1.82) is 0 Å². The van der Waals surface area contributed by atoms with Crippen LogP contribution in [-0.2, 0) is 9.53 Å². The van der Waals surface area contributed by atoms with E-state index in [0.29, 0.717) is 24.2 Å². The number of amides is 2. The van der Waals surface area contributed by atoms with E-state index < -0.39 is 6.10 Å². The molecular formula is C27H34N4O5. The number of aromatic nitrogens is 1. The van der Waals surface area contributed by atoms with Gasteiger partial charge in [0, 0.05) is 42.7 Å². The van der Waals surface area contributed by atoms with Gasteiger partial charge in [-0.15, -0.1) is 0 Å². The van der Waals surface area contributed by atoms with E-state index in [0.717, 1.165) is 30.9 Å². The molecule has 36 heavy (non-hydrogen) atoms. The molecule has 0 aliphatic carbocycles. The zero-order valence-electron chi connectivity index (χ0n) is 20.4. The Morgan fingerprint density at radius 2 is 2.03 bits per heavy atom. The maximum Gasteiger partial charge on any atom is 0.257 e. The number of aliphatic hydroxyl groups excluding tert-OH is 1. The fourth-order valence-electron chi connectivity index (χ4n) is 5.48. The quantitative estimate of drug-likeness (QED) is 0.516. The predicted molar refractivity (Wildman–Crippen MR) is 134 cm³/mol. The standard InChI is InChI=1S/C27H34N4O5/c32-17-24-26-22(14-20(35-24)15-25(33)29-9-12-31-10-2-1-3-11-31)21-13-19(6-7-23(21)36-26)30-27(34)18-5-4-8-28-16-18/h4-8,13,16,20,22,24,26,32H,1-3,9-12,14-15,17H2,(H,29,33)(H,30,34)/t20-,22+,24+,26-/m0/s1. The summed E-state index contributed by atoms with van der Waals surface area (Å²) in [5.74, 6) is 0.409. The van der Waals surface area contributed by atoms with Gasteiger partial charge in [0.2, 0.25) is 5.91 Å². The zero-order valence-corrected chi connectivity index (χ0v) is 20.4. The molecule has 9 nitrogen and oxygen atoms in total. The summed E-state index contributed by atoms with van der Waals surface area (Å²) in [6, 6.07) is 8.98. The lowest BCUT2D eigenvalue weighted by Gasteiger charge is -2.37. The van der Waals surface area contributed by atoms with Gasteiger partial charge < -0.3 is 30.1 Å². The van der Waals surface area contributed by atoms with Gasteiger partial charge in [0.05, 0.1) is 24.7 Å². The Kier molecular flexibility index (Phi) is 7.79. The topological polar surface area (TPSA) is 113 Å². The molecule has 0 unspecified atom stereocenters. The van der Waals surface area contributed by atoms with Crippen molar-refractivity contribution in [3.05, 3.63) is 53.9 Å². The van der Waals surface area contributed by atoms with Crippen LogP contribution in [0.3, 0.4) is 0 Å². The number of nitrogens with zero attached hydrogens (tertiary/aromatic N) is 2. The predicted octanol–water partition coefficient (Wildman–Crippen LogP) is 2.32. The first-order valence-corrected chi connectivity index (χ1v) is 12.9. The monoisotopic (exact) mass is 494 g/mol. The molecule has 2 fully saturated rings. The number of nitrogens with one attached hydrogen (secondary N) is 2. The molecule has 0 radical (unpaired) electrons. The average molecular weight is 495 g/mol. The third kappa shape index (κ3) is 5.69. The molecular weight excluding hydrogens is 460 g/mol. The molecule has 192 valence electrons. The normalized spacial score (nSPS) is 25.4. The number of pyridine rings is 1. The molecule has 0 bridgehead atoms. The average Bonchev–Trinajstić information content (AvgIpc) is 3.27. The number of rotatable bonds is 8. The molecule has 1 aromatic carbocycles. The summed E-state index contributed by atoms with van der Waals surface area (Å²) in [5.41, 5.74) is 2.09. The molecule has 3 aliphatic rings. The first-order valence-electron chi connectivity index (χ1n) is 12.9. The second-order valence-electron chi connectivity index (χ2n) is 9.81. The SMILES string of the molecule is O=C(C[C@@H]1C[C@@H]2c3cc(NC(=O)c4cccnc4)ccc3O[C@@H]2[C@@H](CO)O1)NCCN1CCCCC1. The van der Waals surface area contributed by atoms with Crippen molar-refractivity contribution < 1.29 is 24.2 Å². The van der Waals surface area contributed by atoms with Crippen molar-refractivity contribution in [2.24, 2.45) is 0 Å². The van der Waals surface area contributed by atoms with Crippen LogP contribution in [0, 0.1) is 0 Å². The minimum absolute atomic E-state index is 0.0349.